The number of fused-ring (bicyclic) bond motifs is 1. The standard InChI is InChI=1S/C21H31N5O2/c1-17-6-5-7-18-20(17)23-16-26(21(18)28)11-8-19(27)22-9-3-4-10-25-14-12-24(2)13-15-25/h5-7,16H,3-4,8-15H2,1-2H3,(H,22,27). The van der Waals surface area contributed by atoms with Crippen molar-refractivity contribution in [3.8, 4) is 0 Å². The van der Waals surface area contributed by atoms with Crippen LogP contribution in [0, 0.1) is 6.92 Å². The molecule has 2 heterocycles. The number of nitrogens with one attached hydrogen (secondary N) is 1. The average molecular weight is 386 g/mol. The maximum atomic E-state index is 12.5. The summed E-state index contributed by atoms with van der Waals surface area (Å²) >= 11 is 0. The number of nitrogens with zero attached hydrogens (tertiary/aromatic N) is 4. The van der Waals surface area contributed by atoms with Crippen LogP contribution in [0.1, 0.15) is 24.8 Å². The van der Waals surface area contributed by atoms with E-state index in [1.807, 2.05) is 19.1 Å². The first-order valence-corrected chi connectivity index (χ1v) is 10.2. The summed E-state index contributed by atoms with van der Waals surface area (Å²) in [5.41, 5.74) is 1.62. The molecule has 0 bridgehead atoms. The number of hydrogen-bond acceptors (Lipinski definition) is 5. The second kappa shape index (κ2) is 9.80. The monoisotopic (exact) mass is 385 g/mol. The normalized spacial score (nSPS) is 15.8. The quantitative estimate of drug-likeness (QED) is 0.693. The topological polar surface area (TPSA) is 70.5 Å². The van der Waals surface area contributed by atoms with Crippen LogP contribution in [-0.4, -0.2) is 71.6 Å². The predicted molar refractivity (Wildman–Crippen MR) is 112 cm³/mol. The number of amides is 1. The zero-order valence-electron chi connectivity index (χ0n) is 17.0. The van der Waals surface area contributed by atoms with Crippen molar-refractivity contribution in [1.82, 2.24) is 24.7 Å². The third-order valence-electron chi connectivity index (χ3n) is 5.45. The summed E-state index contributed by atoms with van der Waals surface area (Å²) in [5, 5.41) is 3.57. The smallest absolute Gasteiger partial charge is 0.261 e. The van der Waals surface area contributed by atoms with Gasteiger partial charge >= 0.3 is 0 Å². The zero-order chi connectivity index (χ0) is 19.9. The number of para-hydroxylation sites is 1. The average Bonchev–Trinajstić information content (AvgIpc) is 2.69. The highest BCUT2D eigenvalue weighted by Crippen LogP contribution is 2.11. The van der Waals surface area contributed by atoms with Gasteiger partial charge in [0.15, 0.2) is 0 Å². The molecular formula is C21H31N5O2. The molecule has 0 radical (unpaired) electrons. The van der Waals surface area contributed by atoms with Gasteiger partial charge in [0.2, 0.25) is 5.91 Å². The molecule has 2 aromatic rings. The SMILES string of the molecule is Cc1cccc2c(=O)n(CCC(=O)NCCCCN3CCN(C)CC3)cnc12. The number of piperazine rings is 1. The van der Waals surface area contributed by atoms with Gasteiger partial charge in [-0.3, -0.25) is 14.2 Å². The van der Waals surface area contributed by atoms with E-state index in [0.29, 0.717) is 18.5 Å². The van der Waals surface area contributed by atoms with Gasteiger partial charge in [0, 0.05) is 45.7 Å². The van der Waals surface area contributed by atoms with Crippen molar-refractivity contribution >= 4 is 16.8 Å². The largest absolute Gasteiger partial charge is 0.356 e. The van der Waals surface area contributed by atoms with Crippen molar-refractivity contribution in [1.29, 1.82) is 0 Å². The summed E-state index contributed by atoms with van der Waals surface area (Å²) in [4.78, 5) is 33.9. The number of benzene rings is 1. The van der Waals surface area contributed by atoms with Gasteiger partial charge < -0.3 is 15.1 Å². The molecule has 1 aliphatic heterocycles. The van der Waals surface area contributed by atoms with Gasteiger partial charge in [0.1, 0.15) is 0 Å². The molecule has 1 N–H and O–H groups in total. The summed E-state index contributed by atoms with van der Waals surface area (Å²) in [5.74, 6) is -0.0177. The number of carbonyl (C=O) groups excluding carboxylic acids is 1. The summed E-state index contributed by atoms with van der Waals surface area (Å²) in [6.07, 6.45) is 3.91. The molecule has 0 atom stereocenters. The van der Waals surface area contributed by atoms with Gasteiger partial charge in [-0.2, -0.15) is 0 Å². The maximum Gasteiger partial charge on any atom is 0.261 e. The number of likely N-dealkylation sites (N-methyl/N-ethyl adjacent to an activating group) is 1. The van der Waals surface area contributed by atoms with Gasteiger partial charge in [0.05, 0.1) is 17.2 Å². The Labute approximate surface area is 166 Å². The number of carbonyl (C=O) groups is 1. The summed E-state index contributed by atoms with van der Waals surface area (Å²) in [6, 6.07) is 5.59. The highest BCUT2D eigenvalue weighted by molar-refractivity contribution is 5.80. The molecule has 0 aliphatic carbocycles. The van der Waals surface area contributed by atoms with Crippen molar-refractivity contribution < 1.29 is 4.79 Å². The van der Waals surface area contributed by atoms with Crippen LogP contribution in [0.2, 0.25) is 0 Å². The van der Waals surface area contributed by atoms with Crippen molar-refractivity contribution in [2.45, 2.75) is 32.7 Å². The third kappa shape index (κ3) is 5.39. The van der Waals surface area contributed by atoms with Gasteiger partial charge in [-0.1, -0.05) is 12.1 Å². The lowest BCUT2D eigenvalue weighted by Gasteiger charge is -2.32. The Bertz CT molecular complexity index is 855. The van der Waals surface area contributed by atoms with E-state index in [4.69, 9.17) is 0 Å². The molecule has 0 saturated carbocycles. The molecule has 7 heteroatoms. The molecule has 0 spiro atoms. The molecule has 7 nitrogen and oxygen atoms in total. The highest BCUT2D eigenvalue weighted by Gasteiger charge is 2.13. The minimum Gasteiger partial charge on any atom is -0.356 e. The molecule has 3 rings (SSSR count). The molecule has 1 saturated heterocycles. The van der Waals surface area contributed by atoms with Gasteiger partial charge in [-0.25, -0.2) is 4.98 Å². The molecule has 1 fully saturated rings. The maximum absolute atomic E-state index is 12.5. The van der Waals surface area contributed by atoms with Gasteiger partial charge in [-0.15, -0.1) is 0 Å². The summed E-state index contributed by atoms with van der Waals surface area (Å²) in [7, 11) is 2.16. The second-order valence-corrected chi connectivity index (χ2v) is 7.67. The van der Waals surface area contributed by atoms with Crippen LogP contribution >= 0.6 is 0 Å². The molecular weight excluding hydrogens is 354 g/mol. The van der Waals surface area contributed by atoms with Crippen LogP contribution in [0.3, 0.4) is 0 Å². The Morgan fingerprint density at radius 2 is 1.93 bits per heavy atom. The van der Waals surface area contributed by atoms with E-state index in [-0.39, 0.29) is 17.9 Å². The first kappa shape index (κ1) is 20.5. The number of aromatic nitrogens is 2. The molecule has 1 aliphatic rings. The molecule has 152 valence electrons. The molecule has 0 unspecified atom stereocenters. The van der Waals surface area contributed by atoms with E-state index in [2.05, 4.69) is 27.1 Å². The van der Waals surface area contributed by atoms with Gasteiger partial charge in [0.25, 0.3) is 5.56 Å². The summed E-state index contributed by atoms with van der Waals surface area (Å²) < 4.78 is 1.52. The van der Waals surface area contributed by atoms with Crippen molar-refractivity contribution in [3.63, 3.8) is 0 Å². The Hall–Kier alpha value is -2.25. The fraction of sp³-hybridized carbons (Fsp3) is 0.571. The van der Waals surface area contributed by atoms with Crippen LogP contribution < -0.4 is 10.9 Å². The van der Waals surface area contributed by atoms with Crippen molar-refractivity contribution in [2.75, 3.05) is 46.3 Å². The van der Waals surface area contributed by atoms with Gasteiger partial charge in [-0.05, 0) is 45.0 Å². The number of hydrogen-bond donors (Lipinski definition) is 1. The summed E-state index contributed by atoms with van der Waals surface area (Å²) in [6.45, 7) is 8.63. The van der Waals surface area contributed by atoms with E-state index >= 15 is 0 Å². The molecule has 1 aromatic heterocycles. The minimum atomic E-state index is -0.0892. The number of rotatable bonds is 8. The molecule has 1 aromatic carbocycles. The van der Waals surface area contributed by atoms with E-state index in [1.54, 1.807) is 12.4 Å². The predicted octanol–water partition coefficient (Wildman–Crippen LogP) is 1.24. The Kier molecular flexibility index (Phi) is 7.17. The van der Waals surface area contributed by atoms with Crippen molar-refractivity contribution in [3.05, 3.63) is 40.4 Å². The fourth-order valence-electron chi connectivity index (χ4n) is 3.57. The first-order chi connectivity index (χ1) is 13.5. The minimum absolute atomic E-state index is 0.0177. The van der Waals surface area contributed by atoms with Crippen LogP contribution in [0.4, 0.5) is 0 Å². The van der Waals surface area contributed by atoms with Crippen molar-refractivity contribution in [2.24, 2.45) is 0 Å². The molecule has 1 amide bonds. The van der Waals surface area contributed by atoms with E-state index < -0.39 is 0 Å². The van der Waals surface area contributed by atoms with E-state index in [9.17, 15) is 9.59 Å². The lowest BCUT2D eigenvalue weighted by molar-refractivity contribution is -0.121. The van der Waals surface area contributed by atoms with Crippen LogP contribution in [0.5, 0.6) is 0 Å². The Morgan fingerprint density at radius 3 is 2.71 bits per heavy atom. The lowest BCUT2D eigenvalue weighted by atomic mass is 10.1. The Balaban J connectivity index is 1.37. The number of unbranched alkanes of at least 4 members (excludes halogenated alkanes) is 1. The first-order valence-electron chi connectivity index (χ1n) is 10.2. The Morgan fingerprint density at radius 1 is 1.14 bits per heavy atom. The third-order valence-corrected chi connectivity index (χ3v) is 5.45. The lowest BCUT2D eigenvalue weighted by Crippen LogP contribution is -2.44. The van der Waals surface area contributed by atoms with Crippen LogP contribution in [-0.2, 0) is 11.3 Å². The van der Waals surface area contributed by atoms with E-state index in [1.165, 1.54) is 4.57 Å². The van der Waals surface area contributed by atoms with Crippen LogP contribution in [0.25, 0.3) is 10.9 Å². The fourth-order valence-corrected chi connectivity index (χ4v) is 3.57. The highest BCUT2D eigenvalue weighted by atomic mass is 16.1. The van der Waals surface area contributed by atoms with Crippen LogP contribution in [0.15, 0.2) is 29.3 Å². The zero-order valence-corrected chi connectivity index (χ0v) is 17.0. The number of aryl methyl sites for hydroxylation is 2. The molecule has 28 heavy (non-hydrogen) atoms. The second-order valence-electron chi connectivity index (χ2n) is 7.67. The van der Waals surface area contributed by atoms with E-state index in [0.717, 1.165) is 56.6 Å².